The number of nitrogens with zero attached hydrogens (tertiary/aromatic N) is 3. The fourth-order valence-corrected chi connectivity index (χ4v) is 1.26. The lowest BCUT2D eigenvalue weighted by molar-refractivity contribution is 0.0848. The van der Waals surface area contributed by atoms with E-state index in [2.05, 4.69) is 12.2 Å². The molecular weight excluding hydrogens is 238 g/mol. The summed E-state index contributed by atoms with van der Waals surface area (Å²) in [7, 11) is 0. The van der Waals surface area contributed by atoms with Crippen LogP contribution in [0.15, 0.2) is 18.2 Å². The highest BCUT2D eigenvalue weighted by Crippen LogP contribution is 2.14. The molecule has 17 heavy (non-hydrogen) atoms. The molecule has 7 heteroatoms. The Bertz CT molecular complexity index is 569. The highest BCUT2D eigenvalue weighted by molar-refractivity contribution is 7.80. The van der Waals surface area contributed by atoms with Gasteiger partial charge in [0.2, 0.25) is 0 Å². The van der Waals surface area contributed by atoms with Gasteiger partial charge < -0.3 is 5.73 Å². The van der Waals surface area contributed by atoms with Gasteiger partial charge in [-0.3, -0.25) is 4.79 Å². The second-order valence-electron chi connectivity index (χ2n) is 2.97. The first-order chi connectivity index (χ1) is 8.02. The van der Waals surface area contributed by atoms with E-state index in [1.807, 2.05) is 6.07 Å². The molecule has 0 aliphatic carbocycles. The summed E-state index contributed by atoms with van der Waals surface area (Å²) in [4.78, 5) is 11.8. The Labute approximate surface area is 103 Å². The minimum absolute atomic E-state index is 0.0122. The molecule has 4 N–H and O–H groups in total. The van der Waals surface area contributed by atoms with Gasteiger partial charge in [-0.2, -0.15) is 10.5 Å². The Kier molecular flexibility index (Phi) is 3.73. The van der Waals surface area contributed by atoms with E-state index in [4.69, 9.17) is 22.1 Å². The zero-order chi connectivity index (χ0) is 13.0. The van der Waals surface area contributed by atoms with E-state index in [9.17, 15) is 4.79 Å². The zero-order valence-electron chi connectivity index (χ0n) is 8.54. The number of hydrogen-bond acceptors (Lipinski definition) is 5. The van der Waals surface area contributed by atoms with E-state index in [1.165, 1.54) is 18.2 Å². The predicted molar refractivity (Wildman–Crippen MR) is 63.0 cm³/mol. The number of carbonyl (C=O) groups is 1. The van der Waals surface area contributed by atoms with Gasteiger partial charge >= 0.3 is 0 Å². The van der Waals surface area contributed by atoms with E-state index in [-0.39, 0.29) is 21.8 Å². The van der Waals surface area contributed by atoms with Gasteiger partial charge in [0.1, 0.15) is 12.1 Å². The minimum Gasteiger partial charge on any atom is -0.375 e. The molecule has 0 atom stereocenters. The van der Waals surface area contributed by atoms with Crippen molar-refractivity contribution in [2.75, 3.05) is 0 Å². The first-order valence-electron chi connectivity index (χ1n) is 4.34. The van der Waals surface area contributed by atoms with Crippen LogP contribution in [-0.4, -0.2) is 16.0 Å². The van der Waals surface area contributed by atoms with Crippen LogP contribution in [0, 0.1) is 22.7 Å². The van der Waals surface area contributed by atoms with Gasteiger partial charge in [0, 0.05) is 0 Å². The van der Waals surface area contributed by atoms with Gasteiger partial charge in [-0.25, -0.2) is 10.9 Å². The molecule has 0 radical (unpaired) electrons. The van der Waals surface area contributed by atoms with Gasteiger partial charge in [-0.15, -0.1) is 0 Å². The molecule has 0 saturated heterocycles. The molecule has 0 unspecified atom stereocenters. The fourth-order valence-electron chi connectivity index (χ4n) is 1.17. The molecule has 6 nitrogen and oxygen atoms in total. The number of amides is 1. The Morgan fingerprint density at radius 3 is 2.47 bits per heavy atom. The van der Waals surface area contributed by atoms with Crippen molar-refractivity contribution in [2.24, 2.45) is 11.6 Å². The molecule has 84 valence electrons. The predicted octanol–water partition coefficient (Wildman–Crippen LogP) is -0.0105. The highest BCUT2D eigenvalue weighted by Gasteiger charge is 2.20. The van der Waals surface area contributed by atoms with E-state index < -0.39 is 5.91 Å². The molecule has 1 aromatic carbocycles. The van der Waals surface area contributed by atoms with Crippen LogP contribution in [-0.2, 0) is 0 Å². The molecule has 1 aromatic rings. The summed E-state index contributed by atoms with van der Waals surface area (Å²) in [6, 6.07) is 7.87. The third-order valence-corrected chi connectivity index (χ3v) is 2.18. The number of carbonyl (C=O) groups excluding carboxylic acids is 1. The normalized spacial score (nSPS) is 8.88. The van der Waals surface area contributed by atoms with E-state index in [0.717, 1.165) is 0 Å². The lowest BCUT2D eigenvalue weighted by Crippen LogP contribution is -2.45. The molecule has 0 heterocycles. The maximum Gasteiger partial charge on any atom is 0.275 e. The number of nitrogens with two attached hydrogens (primary N) is 2. The van der Waals surface area contributed by atoms with Crippen molar-refractivity contribution in [1.82, 2.24) is 5.01 Å². The van der Waals surface area contributed by atoms with Crippen LogP contribution in [0.4, 0.5) is 0 Å². The van der Waals surface area contributed by atoms with Crippen molar-refractivity contribution in [1.29, 1.82) is 10.5 Å². The fraction of sp³-hybridized carbons (Fsp3) is 0. The molecule has 0 bridgehead atoms. The average Bonchev–Trinajstić information content (AvgIpc) is 2.35. The van der Waals surface area contributed by atoms with Crippen LogP contribution in [0.5, 0.6) is 0 Å². The van der Waals surface area contributed by atoms with Crippen molar-refractivity contribution in [3.8, 4) is 12.1 Å². The monoisotopic (exact) mass is 245 g/mol. The standard InChI is InChI=1S/C10H7N5OS/c11-4-6-2-1-3-7(8(6)5-12)9(16)15(14)10(13)17/h1-3H,14H2,(H2,13,17). The number of hydrogen-bond donors (Lipinski definition) is 2. The number of thiocarbonyl (C=S) groups is 1. The topological polar surface area (TPSA) is 120 Å². The average molecular weight is 245 g/mol. The van der Waals surface area contributed by atoms with E-state index in [0.29, 0.717) is 5.01 Å². The van der Waals surface area contributed by atoms with Gasteiger partial charge in [0.15, 0.2) is 5.11 Å². The summed E-state index contributed by atoms with van der Waals surface area (Å²) in [5.41, 5.74) is 5.23. The van der Waals surface area contributed by atoms with Crippen LogP contribution in [0.1, 0.15) is 21.5 Å². The van der Waals surface area contributed by atoms with Crippen LogP contribution >= 0.6 is 12.2 Å². The summed E-state index contributed by atoms with van der Waals surface area (Å²) in [5.74, 6) is 4.60. The maximum absolute atomic E-state index is 11.8. The maximum atomic E-state index is 11.8. The Morgan fingerprint density at radius 2 is 2.00 bits per heavy atom. The highest BCUT2D eigenvalue weighted by atomic mass is 32.1. The number of rotatable bonds is 1. The summed E-state index contributed by atoms with van der Waals surface area (Å²) < 4.78 is 0. The molecule has 0 aliphatic heterocycles. The van der Waals surface area contributed by atoms with Crippen LogP contribution in [0.25, 0.3) is 0 Å². The van der Waals surface area contributed by atoms with Crippen molar-refractivity contribution in [3.63, 3.8) is 0 Å². The molecule has 1 rings (SSSR count). The summed E-state index contributed by atoms with van der Waals surface area (Å²) in [5, 5.41) is 17.9. The van der Waals surface area contributed by atoms with E-state index >= 15 is 0 Å². The molecular formula is C10H7N5OS. The second-order valence-corrected chi connectivity index (χ2v) is 3.38. The number of hydrazine groups is 1. The van der Waals surface area contributed by atoms with E-state index in [1.54, 1.807) is 6.07 Å². The Hall–Kier alpha value is -2.48. The molecule has 0 saturated carbocycles. The van der Waals surface area contributed by atoms with Crippen molar-refractivity contribution >= 4 is 23.2 Å². The van der Waals surface area contributed by atoms with Crippen LogP contribution in [0.2, 0.25) is 0 Å². The summed E-state index contributed by atoms with van der Waals surface area (Å²) in [6.45, 7) is 0. The molecule has 0 aliphatic rings. The quantitative estimate of drug-likeness (QED) is 0.311. The minimum atomic E-state index is -0.730. The molecule has 1 amide bonds. The lowest BCUT2D eigenvalue weighted by atomic mass is 10.0. The largest absolute Gasteiger partial charge is 0.375 e. The van der Waals surface area contributed by atoms with Gasteiger partial charge in [0.05, 0.1) is 16.7 Å². The Balaban J connectivity index is 3.35. The smallest absolute Gasteiger partial charge is 0.275 e. The van der Waals surface area contributed by atoms with Gasteiger partial charge in [-0.05, 0) is 24.4 Å². The SMILES string of the molecule is N#Cc1cccc(C(=O)N(N)C(N)=S)c1C#N. The second kappa shape index (κ2) is 5.03. The van der Waals surface area contributed by atoms with Crippen molar-refractivity contribution in [3.05, 3.63) is 34.9 Å². The number of benzene rings is 1. The number of nitriles is 2. The van der Waals surface area contributed by atoms with Gasteiger partial charge in [-0.1, -0.05) is 6.07 Å². The third-order valence-electron chi connectivity index (χ3n) is 1.98. The molecule has 0 aromatic heterocycles. The summed E-state index contributed by atoms with van der Waals surface area (Å²) in [6.07, 6.45) is 0. The van der Waals surface area contributed by atoms with Gasteiger partial charge in [0.25, 0.3) is 5.91 Å². The lowest BCUT2D eigenvalue weighted by Gasteiger charge is -2.14. The third kappa shape index (κ3) is 2.37. The molecule has 0 fully saturated rings. The zero-order valence-corrected chi connectivity index (χ0v) is 9.36. The van der Waals surface area contributed by atoms with Crippen molar-refractivity contribution < 1.29 is 4.79 Å². The van der Waals surface area contributed by atoms with Crippen molar-refractivity contribution in [2.45, 2.75) is 0 Å². The first kappa shape index (κ1) is 12.6. The Morgan fingerprint density at radius 1 is 1.35 bits per heavy atom. The first-order valence-corrected chi connectivity index (χ1v) is 4.75. The van der Waals surface area contributed by atoms with Crippen LogP contribution < -0.4 is 11.6 Å². The summed E-state index contributed by atoms with van der Waals surface area (Å²) >= 11 is 4.55. The van der Waals surface area contributed by atoms with Crippen LogP contribution in [0.3, 0.4) is 0 Å². The molecule has 0 spiro atoms.